The van der Waals surface area contributed by atoms with Gasteiger partial charge >= 0.3 is 0 Å². The van der Waals surface area contributed by atoms with E-state index in [1.165, 1.54) is 6.42 Å². The summed E-state index contributed by atoms with van der Waals surface area (Å²) in [6.45, 7) is 9.06. The van der Waals surface area contributed by atoms with Crippen molar-refractivity contribution in [2.45, 2.75) is 53.0 Å². The summed E-state index contributed by atoms with van der Waals surface area (Å²) in [5, 5.41) is 0. The molecule has 1 aromatic carbocycles. The van der Waals surface area contributed by atoms with Gasteiger partial charge in [-0.15, -0.1) is 0 Å². The molecule has 3 nitrogen and oxygen atoms in total. The highest BCUT2D eigenvalue weighted by Gasteiger charge is 2.18. The molecule has 3 heteroatoms. The first-order valence-corrected chi connectivity index (χ1v) is 7.14. The van der Waals surface area contributed by atoms with Crippen LogP contribution in [0.5, 0.6) is 0 Å². The summed E-state index contributed by atoms with van der Waals surface area (Å²) in [5.41, 5.74) is 8.23. The van der Waals surface area contributed by atoms with Crippen LogP contribution in [-0.4, -0.2) is 23.4 Å². The lowest BCUT2D eigenvalue weighted by Crippen LogP contribution is -2.37. The molecule has 1 aromatic rings. The maximum atomic E-state index is 12.5. The molecule has 1 rings (SSSR count). The van der Waals surface area contributed by atoms with Crippen molar-refractivity contribution in [2.75, 3.05) is 12.3 Å². The van der Waals surface area contributed by atoms with Crippen molar-refractivity contribution in [1.82, 2.24) is 4.90 Å². The van der Waals surface area contributed by atoms with Gasteiger partial charge in [-0.25, -0.2) is 0 Å². The molecule has 0 saturated heterocycles. The summed E-state index contributed by atoms with van der Waals surface area (Å²) in [5.74, 6) is 0.106. The van der Waals surface area contributed by atoms with Gasteiger partial charge in [0.25, 0.3) is 5.91 Å². The number of amides is 1. The highest BCUT2D eigenvalue weighted by atomic mass is 16.2. The molecular weight excluding hydrogens is 236 g/mol. The third-order valence-electron chi connectivity index (χ3n) is 3.40. The van der Waals surface area contributed by atoms with Crippen molar-refractivity contribution in [3.8, 4) is 0 Å². The summed E-state index contributed by atoms with van der Waals surface area (Å²) < 4.78 is 0. The molecule has 106 valence electrons. The fourth-order valence-corrected chi connectivity index (χ4v) is 2.10. The smallest absolute Gasteiger partial charge is 0.254 e. The number of hydrogen-bond acceptors (Lipinski definition) is 2. The van der Waals surface area contributed by atoms with E-state index in [9.17, 15) is 4.79 Å². The number of carbonyl (C=O) groups excluding carboxylic acids is 1. The second-order valence-electron chi connectivity index (χ2n) is 5.37. The minimum atomic E-state index is 0.106. The summed E-state index contributed by atoms with van der Waals surface area (Å²) >= 11 is 0. The molecule has 0 aliphatic rings. The number of hydrogen-bond donors (Lipinski definition) is 1. The molecule has 2 N–H and O–H groups in total. The SMILES string of the molecule is CCCCCN(C(=O)c1ccc(N)c(C)c1)C(C)C. The molecule has 0 fully saturated rings. The molecule has 1 amide bonds. The van der Waals surface area contributed by atoms with Gasteiger partial charge in [-0.2, -0.15) is 0 Å². The standard InChI is InChI=1S/C16H26N2O/c1-5-6-7-10-18(12(2)3)16(19)14-8-9-15(17)13(4)11-14/h8-9,11-12H,5-7,10,17H2,1-4H3. The van der Waals surface area contributed by atoms with Crippen LogP contribution in [0.3, 0.4) is 0 Å². The fraction of sp³-hybridized carbons (Fsp3) is 0.562. The second-order valence-corrected chi connectivity index (χ2v) is 5.37. The topological polar surface area (TPSA) is 46.3 Å². The summed E-state index contributed by atoms with van der Waals surface area (Å²) in [7, 11) is 0. The zero-order chi connectivity index (χ0) is 14.4. The number of nitrogen functional groups attached to an aromatic ring is 1. The van der Waals surface area contributed by atoms with Gasteiger partial charge in [0.05, 0.1) is 0 Å². The van der Waals surface area contributed by atoms with Gasteiger partial charge in [-0.05, 0) is 51.0 Å². The fourth-order valence-electron chi connectivity index (χ4n) is 2.10. The highest BCUT2D eigenvalue weighted by Crippen LogP contribution is 2.16. The van der Waals surface area contributed by atoms with Gasteiger partial charge in [0.15, 0.2) is 0 Å². The van der Waals surface area contributed by atoms with E-state index in [-0.39, 0.29) is 11.9 Å². The van der Waals surface area contributed by atoms with Gasteiger partial charge in [-0.1, -0.05) is 19.8 Å². The lowest BCUT2D eigenvalue weighted by Gasteiger charge is -2.27. The molecule has 0 atom stereocenters. The Morgan fingerprint density at radius 1 is 1.32 bits per heavy atom. The van der Waals surface area contributed by atoms with E-state index >= 15 is 0 Å². The molecule has 19 heavy (non-hydrogen) atoms. The van der Waals surface area contributed by atoms with Crippen LogP contribution in [-0.2, 0) is 0 Å². The van der Waals surface area contributed by atoms with Gasteiger partial charge in [0.1, 0.15) is 0 Å². The molecular formula is C16H26N2O. The Morgan fingerprint density at radius 3 is 2.53 bits per heavy atom. The molecule has 0 radical (unpaired) electrons. The average Bonchev–Trinajstić information content (AvgIpc) is 2.37. The van der Waals surface area contributed by atoms with Crippen molar-refractivity contribution in [2.24, 2.45) is 0 Å². The molecule has 0 aliphatic heterocycles. The van der Waals surface area contributed by atoms with Crippen LogP contribution in [0.2, 0.25) is 0 Å². The first-order chi connectivity index (χ1) is 8.97. The van der Waals surface area contributed by atoms with Crippen LogP contribution in [0, 0.1) is 6.92 Å². The summed E-state index contributed by atoms with van der Waals surface area (Å²) in [4.78, 5) is 14.5. The molecule has 0 unspecified atom stereocenters. The van der Waals surface area contributed by atoms with Gasteiger partial charge in [-0.3, -0.25) is 4.79 Å². The average molecular weight is 262 g/mol. The Morgan fingerprint density at radius 2 is 2.00 bits per heavy atom. The van der Waals surface area contributed by atoms with Crippen LogP contribution >= 0.6 is 0 Å². The Hall–Kier alpha value is -1.51. The van der Waals surface area contributed by atoms with E-state index in [4.69, 9.17) is 5.73 Å². The first kappa shape index (κ1) is 15.5. The van der Waals surface area contributed by atoms with E-state index in [2.05, 4.69) is 20.8 Å². The summed E-state index contributed by atoms with van der Waals surface area (Å²) in [6.07, 6.45) is 3.40. The molecule has 0 aromatic heterocycles. The Bertz CT molecular complexity index is 427. The lowest BCUT2D eigenvalue weighted by molar-refractivity contribution is 0.0702. The maximum Gasteiger partial charge on any atom is 0.254 e. The predicted octanol–water partition coefficient (Wildman–Crippen LogP) is 3.62. The molecule has 0 aliphatic carbocycles. The van der Waals surface area contributed by atoms with Crippen LogP contribution in [0.25, 0.3) is 0 Å². The van der Waals surface area contributed by atoms with Crippen LogP contribution < -0.4 is 5.73 Å². The molecule has 0 saturated carbocycles. The largest absolute Gasteiger partial charge is 0.399 e. The second kappa shape index (κ2) is 7.17. The number of rotatable bonds is 6. The van der Waals surface area contributed by atoms with Gasteiger partial charge in [0.2, 0.25) is 0 Å². The summed E-state index contributed by atoms with van der Waals surface area (Å²) in [6, 6.07) is 5.74. The van der Waals surface area contributed by atoms with Crippen molar-refractivity contribution in [3.05, 3.63) is 29.3 Å². The number of benzene rings is 1. The monoisotopic (exact) mass is 262 g/mol. The van der Waals surface area contributed by atoms with Gasteiger partial charge in [0, 0.05) is 23.8 Å². The van der Waals surface area contributed by atoms with Crippen LogP contribution in [0.1, 0.15) is 56.0 Å². The quantitative estimate of drug-likeness (QED) is 0.628. The van der Waals surface area contributed by atoms with Crippen LogP contribution in [0.15, 0.2) is 18.2 Å². The van der Waals surface area contributed by atoms with E-state index < -0.39 is 0 Å². The third-order valence-corrected chi connectivity index (χ3v) is 3.40. The predicted molar refractivity (Wildman–Crippen MR) is 81.3 cm³/mol. The number of unbranched alkanes of at least 4 members (excludes halogenated alkanes) is 2. The normalized spacial score (nSPS) is 10.8. The van der Waals surface area contributed by atoms with E-state index in [1.807, 2.05) is 30.0 Å². The number of anilines is 1. The molecule has 0 heterocycles. The number of aryl methyl sites for hydroxylation is 1. The van der Waals surface area contributed by atoms with E-state index in [0.717, 1.165) is 36.2 Å². The van der Waals surface area contributed by atoms with Crippen molar-refractivity contribution in [1.29, 1.82) is 0 Å². The minimum Gasteiger partial charge on any atom is -0.399 e. The van der Waals surface area contributed by atoms with E-state index in [1.54, 1.807) is 0 Å². The Labute approximate surface area is 116 Å². The molecule has 0 bridgehead atoms. The number of nitrogens with two attached hydrogens (primary N) is 1. The number of nitrogens with zero attached hydrogens (tertiary/aromatic N) is 1. The Kier molecular flexibility index (Phi) is 5.87. The van der Waals surface area contributed by atoms with E-state index in [0.29, 0.717) is 0 Å². The Balaban J connectivity index is 2.83. The van der Waals surface area contributed by atoms with Crippen molar-refractivity contribution >= 4 is 11.6 Å². The molecule has 0 spiro atoms. The van der Waals surface area contributed by atoms with Gasteiger partial charge < -0.3 is 10.6 Å². The maximum absolute atomic E-state index is 12.5. The zero-order valence-electron chi connectivity index (χ0n) is 12.6. The zero-order valence-corrected chi connectivity index (χ0v) is 12.6. The van der Waals surface area contributed by atoms with Crippen molar-refractivity contribution < 1.29 is 4.79 Å². The minimum absolute atomic E-state index is 0.106. The van der Waals surface area contributed by atoms with Crippen molar-refractivity contribution in [3.63, 3.8) is 0 Å². The highest BCUT2D eigenvalue weighted by molar-refractivity contribution is 5.95. The lowest BCUT2D eigenvalue weighted by atomic mass is 10.1. The first-order valence-electron chi connectivity index (χ1n) is 7.14. The number of carbonyl (C=O) groups is 1. The third kappa shape index (κ3) is 4.27. The van der Waals surface area contributed by atoms with Crippen LogP contribution in [0.4, 0.5) is 5.69 Å².